The van der Waals surface area contributed by atoms with Gasteiger partial charge in [-0.1, -0.05) is 6.92 Å². The molecule has 0 saturated carbocycles. The number of carbonyl (C=O) groups excluding carboxylic acids is 1. The molecule has 1 fully saturated rings. The van der Waals surface area contributed by atoms with E-state index >= 15 is 0 Å². The van der Waals surface area contributed by atoms with Crippen LogP contribution in [0, 0.1) is 5.92 Å². The molecule has 1 amide bonds. The molecule has 1 aromatic rings. The van der Waals surface area contributed by atoms with Gasteiger partial charge in [-0.05, 0) is 36.6 Å². The predicted octanol–water partition coefficient (Wildman–Crippen LogP) is 1.85. The van der Waals surface area contributed by atoms with Gasteiger partial charge in [0.1, 0.15) is 5.75 Å². The molecule has 0 spiro atoms. The summed E-state index contributed by atoms with van der Waals surface area (Å²) in [5.41, 5.74) is 1.86. The molecule has 4 heteroatoms. The van der Waals surface area contributed by atoms with Crippen LogP contribution < -0.4 is 4.74 Å². The van der Waals surface area contributed by atoms with E-state index in [1.165, 1.54) is 0 Å². The van der Waals surface area contributed by atoms with Crippen molar-refractivity contribution in [3.05, 3.63) is 29.3 Å². The summed E-state index contributed by atoms with van der Waals surface area (Å²) in [5.74, 6) is 1.18. The van der Waals surface area contributed by atoms with Crippen molar-refractivity contribution in [1.29, 1.82) is 0 Å². The van der Waals surface area contributed by atoms with E-state index in [4.69, 9.17) is 4.74 Å². The average molecular weight is 275 g/mol. The summed E-state index contributed by atoms with van der Waals surface area (Å²) in [6, 6.07) is 5.70. The number of rotatable bonds is 2. The van der Waals surface area contributed by atoms with E-state index in [9.17, 15) is 9.90 Å². The summed E-state index contributed by atoms with van der Waals surface area (Å²) in [4.78, 5) is 14.4. The molecule has 0 radical (unpaired) electrons. The van der Waals surface area contributed by atoms with Crippen LogP contribution in [0.1, 0.15) is 35.7 Å². The van der Waals surface area contributed by atoms with E-state index in [-0.39, 0.29) is 17.9 Å². The van der Waals surface area contributed by atoms with E-state index < -0.39 is 0 Å². The van der Waals surface area contributed by atoms with Crippen LogP contribution in [0.15, 0.2) is 18.2 Å². The van der Waals surface area contributed by atoms with Gasteiger partial charge in [0.2, 0.25) is 0 Å². The van der Waals surface area contributed by atoms with Crippen LogP contribution >= 0.6 is 0 Å². The fourth-order valence-electron chi connectivity index (χ4n) is 3.11. The molecule has 3 rings (SSSR count). The second-order valence-corrected chi connectivity index (χ2v) is 5.70. The molecule has 1 aromatic carbocycles. The first kappa shape index (κ1) is 13.4. The quantitative estimate of drug-likeness (QED) is 0.896. The minimum absolute atomic E-state index is 0.0741. The van der Waals surface area contributed by atoms with Gasteiger partial charge in [-0.25, -0.2) is 0 Å². The zero-order valence-corrected chi connectivity index (χ0v) is 11.8. The largest absolute Gasteiger partial charge is 0.493 e. The lowest BCUT2D eigenvalue weighted by Gasteiger charge is -2.35. The third kappa shape index (κ3) is 2.40. The predicted molar refractivity (Wildman–Crippen MR) is 75.9 cm³/mol. The van der Waals surface area contributed by atoms with Crippen LogP contribution in [-0.2, 0) is 6.42 Å². The molecule has 1 saturated heterocycles. The maximum atomic E-state index is 12.6. The number of aliphatic hydroxyl groups is 1. The van der Waals surface area contributed by atoms with Crippen molar-refractivity contribution in [1.82, 2.24) is 4.90 Å². The Hall–Kier alpha value is -1.55. The van der Waals surface area contributed by atoms with Gasteiger partial charge in [-0.15, -0.1) is 0 Å². The van der Waals surface area contributed by atoms with Crippen molar-refractivity contribution in [2.24, 2.45) is 5.92 Å². The molecule has 1 N–H and O–H groups in total. The van der Waals surface area contributed by atoms with Crippen LogP contribution in [0.2, 0.25) is 0 Å². The van der Waals surface area contributed by atoms with Crippen molar-refractivity contribution in [2.45, 2.75) is 32.3 Å². The van der Waals surface area contributed by atoms with Crippen LogP contribution in [-0.4, -0.2) is 41.7 Å². The maximum Gasteiger partial charge on any atom is 0.253 e. The van der Waals surface area contributed by atoms with Gasteiger partial charge >= 0.3 is 0 Å². The molecule has 2 aliphatic rings. The van der Waals surface area contributed by atoms with Gasteiger partial charge in [0.05, 0.1) is 12.7 Å². The number of fused-ring (bicyclic) bond motifs is 1. The lowest BCUT2D eigenvalue weighted by Crippen LogP contribution is -2.45. The van der Waals surface area contributed by atoms with E-state index in [0.29, 0.717) is 26.1 Å². The summed E-state index contributed by atoms with van der Waals surface area (Å²) in [6.07, 6.45) is 2.20. The Morgan fingerprint density at radius 3 is 3.15 bits per heavy atom. The molecule has 0 aromatic heterocycles. The first-order valence-electron chi connectivity index (χ1n) is 7.42. The minimum atomic E-state index is -0.266. The number of hydrogen-bond donors (Lipinski definition) is 1. The first-order valence-corrected chi connectivity index (χ1v) is 7.42. The zero-order chi connectivity index (χ0) is 14.1. The Kier molecular flexibility index (Phi) is 3.66. The fourth-order valence-corrected chi connectivity index (χ4v) is 3.11. The zero-order valence-electron chi connectivity index (χ0n) is 11.8. The topological polar surface area (TPSA) is 49.8 Å². The minimum Gasteiger partial charge on any atom is -0.493 e. The molecule has 4 nitrogen and oxygen atoms in total. The number of ether oxygens (including phenoxy) is 1. The van der Waals surface area contributed by atoms with Gasteiger partial charge in [-0.2, -0.15) is 0 Å². The summed E-state index contributed by atoms with van der Waals surface area (Å²) in [5, 5.41) is 9.91. The highest BCUT2D eigenvalue weighted by Gasteiger charge is 2.29. The molecule has 0 aliphatic carbocycles. The molecule has 2 unspecified atom stereocenters. The summed E-state index contributed by atoms with van der Waals surface area (Å²) >= 11 is 0. The molecule has 20 heavy (non-hydrogen) atoms. The second-order valence-electron chi connectivity index (χ2n) is 5.70. The van der Waals surface area contributed by atoms with Gasteiger partial charge < -0.3 is 14.7 Å². The second kappa shape index (κ2) is 5.44. The molecule has 0 bridgehead atoms. The lowest BCUT2D eigenvalue weighted by atomic mass is 9.92. The smallest absolute Gasteiger partial charge is 0.253 e. The maximum absolute atomic E-state index is 12.6. The Bertz CT molecular complexity index is 514. The Labute approximate surface area is 119 Å². The SMILES string of the molecule is CCC1CN(C(=O)c2ccc3c(c2)CCO3)CCC1O. The Morgan fingerprint density at radius 2 is 2.35 bits per heavy atom. The van der Waals surface area contributed by atoms with Crippen molar-refractivity contribution in [3.8, 4) is 5.75 Å². The van der Waals surface area contributed by atoms with Gasteiger partial charge in [0.25, 0.3) is 5.91 Å². The molecule has 108 valence electrons. The fraction of sp³-hybridized carbons (Fsp3) is 0.562. The Morgan fingerprint density at radius 1 is 1.50 bits per heavy atom. The third-order valence-electron chi connectivity index (χ3n) is 4.44. The molecule has 2 atom stereocenters. The van der Waals surface area contributed by atoms with Gasteiger partial charge in [-0.3, -0.25) is 4.79 Å². The van der Waals surface area contributed by atoms with Crippen LogP contribution in [0.3, 0.4) is 0 Å². The summed E-state index contributed by atoms with van der Waals surface area (Å²) < 4.78 is 5.47. The lowest BCUT2D eigenvalue weighted by molar-refractivity contribution is 0.0229. The molecular formula is C16H21NO3. The number of hydrogen-bond acceptors (Lipinski definition) is 3. The van der Waals surface area contributed by atoms with Gasteiger partial charge in [0.15, 0.2) is 0 Å². The molecule has 2 aliphatic heterocycles. The normalized spacial score (nSPS) is 25.2. The monoisotopic (exact) mass is 275 g/mol. The number of carbonyl (C=O) groups is 1. The summed E-state index contributed by atoms with van der Waals surface area (Å²) in [6.45, 7) is 4.07. The Balaban J connectivity index is 1.75. The van der Waals surface area contributed by atoms with Crippen LogP contribution in [0.25, 0.3) is 0 Å². The van der Waals surface area contributed by atoms with E-state index in [0.717, 1.165) is 29.7 Å². The standard InChI is InChI=1S/C16H21NO3/c1-2-11-10-17(7-5-14(11)18)16(19)13-3-4-15-12(9-13)6-8-20-15/h3-4,9,11,14,18H,2,5-8,10H2,1H3. The van der Waals surface area contributed by atoms with E-state index in [2.05, 4.69) is 6.92 Å². The summed E-state index contributed by atoms with van der Waals surface area (Å²) in [7, 11) is 0. The van der Waals surface area contributed by atoms with Crippen molar-refractivity contribution >= 4 is 5.91 Å². The highest BCUT2D eigenvalue weighted by atomic mass is 16.5. The molecule has 2 heterocycles. The van der Waals surface area contributed by atoms with E-state index in [1.807, 2.05) is 23.1 Å². The highest BCUT2D eigenvalue weighted by Crippen LogP contribution is 2.27. The average Bonchev–Trinajstić information content (AvgIpc) is 2.94. The van der Waals surface area contributed by atoms with E-state index in [1.54, 1.807) is 0 Å². The number of benzene rings is 1. The van der Waals surface area contributed by atoms with Crippen molar-refractivity contribution in [2.75, 3.05) is 19.7 Å². The number of likely N-dealkylation sites (tertiary alicyclic amines) is 1. The number of amides is 1. The van der Waals surface area contributed by atoms with Gasteiger partial charge in [0, 0.05) is 31.0 Å². The number of nitrogens with zero attached hydrogens (tertiary/aromatic N) is 1. The number of piperidine rings is 1. The van der Waals surface area contributed by atoms with Crippen molar-refractivity contribution in [3.63, 3.8) is 0 Å². The van der Waals surface area contributed by atoms with Crippen LogP contribution in [0.4, 0.5) is 0 Å². The highest BCUT2D eigenvalue weighted by molar-refractivity contribution is 5.94. The van der Waals surface area contributed by atoms with Crippen molar-refractivity contribution < 1.29 is 14.6 Å². The number of aliphatic hydroxyl groups excluding tert-OH is 1. The molecular weight excluding hydrogens is 254 g/mol. The van der Waals surface area contributed by atoms with Crippen LogP contribution in [0.5, 0.6) is 5.75 Å². The first-order chi connectivity index (χ1) is 9.69. The third-order valence-corrected chi connectivity index (χ3v) is 4.44.